The van der Waals surface area contributed by atoms with E-state index in [2.05, 4.69) is 43.4 Å². The fourth-order valence-corrected chi connectivity index (χ4v) is 6.75. The third-order valence-corrected chi connectivity index (χ3v) is 8.48. The van der Waals surface area contributed by atoms with Crippen LogP contribution in [-0.4, -0.2) is 10.4 Å². The maximum Gasteiger partial charge on any atom is 0.416 e. The lowest BCUT2D eigenvalue weighted by Gasteiger charge is -2.40. The smallest absolute Gasteiger partial charge is 0.373 e. The number of Topliss-reactive ketones (excluding diaryl/α,β-unsaturated/α-hetero) is 1. The van der Waals surface area contributed by atoms with Gasteiger partial charge in [0.25, 0.3) is 0 Å². The number of nitrogens with zero attached hydrogens (tertiary/aromatic N) is 1. The Morgan fingerprint density at radius 1 is 0.902 bits per heavy atom. The first-order valence-electron chi connectivity index (χ1n) is 13.9. The number of hydrogen-bond acceptors (Lipinski definition) is 2. The van der Waals surface area contributed by atoms with Gasteiger partial charge in [0.2, 0.25) is 0 Å². The van der Waals surface area contributed by atoms with Crippen LogP contribution in [0.1, 0.15) is 55.0 Å². The highest BCUT2D eigenvalue weighted by Crippen LogP contribution is 2.52. The number of nitrogens with one attached hydrogen (secondary N) is 1. The van der Waals surface area contributed by atoms with Crippen LogP contribution in [-0.2, 0) is 17.5 Å². The summed E-state index contributed by atoms with van der Waals surface area (Å²) in [5.41, 5.74) is 5.60. The summed E-state index contributed by atoms with van der Waals surface area (Å²) in [4.78, 5) is 13.9. The minimum Gasteiger partial charge on any atom is -0.373 e. The molecule has 0 spiro atoms. The van der Waals surface area contributed by atoms with E-state index in [1.54, 1.807) is 6.07 Å². The Morgan fingerprint density at radius 3 is 2.46 bits per heavy atom. The predicted octanol–water partition coefficient (Wildman–Crippen LogP) is 9.17. The van der Waals surface area contributed by atoms with Gasteiger partial charge in [-0.25, -0.2) is 0 Å². The Morgan fingerprint density at radius 2 is 1.66 bits per heavy atom. The Bertz CT molecular complexity index is 1890. The molecular formula is C35H29F3N2O. The molecular weight excluding hydrogens is 521 g/mol. The van der Waals surface area contributed by atoms with Crippen molar-refractivity contribution < 1.29 is 18.0 Å². The van der Waals surface area contributed by atoms with Crippen molar-refractivity contribution in [3.8, 4) is 0 Å². The first-order valence-corrected chi connectivity index (χ1v) is 13.9. The lowest BCUT2D eigenvalue weighted by molar-refractivity contribution is -0.137. The van der Waals surface area contributed by atoms with Crippen molar-refractivity contribution in [1.82, 2.24) is 4.57 Å². The number of anilines is 1. The normalized spacial score (nSPS) is 18.4. The van der Waals surface area contributed by atoms with Gasteiger partial charge in [0.15, 0.2) is 5.78 Å². The topological polar surface area (TPSA) is 34.0 Å². The van der Waals surface area contributed by atoms with Crippen molar-refractivity contribution in [2.24, 2.45) is 5.41 Å². The molecule has 2 aliphatic rings. The molecule has 1 atom stereocenters. The molecule has 0 fully saturated rings. The zero-order valence-electron chi connectivity index (χ0n) is 22.8. The lowest BCUT2D eigenvalue weighted by Crippen LogP contribution is -2.33. The minimum absolute atomic E-state index is 0.141. The number of halogens is 3. The first kappa shape index (κ1) is 25.6. The zero-order valence-corrected chi connectivity index (χ0v) is 22.8. The van der Waals surface area contributed by atoms with Crippen molar-refractivity contribution in [1.29, 1.82) is 0 Å². The Kier molecular flexibility index (Phi) is 5.69. The molecule has 6 heteroatoms. The fourth-order valence-electron chi connectivity index (χ4n) is 6.75. The zero-order chi connectivity index (χ0) is 28.5. The van der Waals surface area contributed by atoms with Gasteiger partial charge in [-0.3, -0.25) is 4.79 Å². The van der Waals surface area contributed by atoms with Crippen molar-refractivity contribution >= 4 is 38.7 Å². The molecule has 0 saturated carbocycles. The third kappa shape index (κ3) is 4.33. The number of fused-ring (bicyclic) bond motifs is 5. The van der Waals surface area contributed by atoms with Gasteiger partial charge in [-0.05, 0) is 58.0 Å². The fraction of sp³-hybridized carbons (Fsp3) is 0.229. The van der Waals surface area contributed by atoms with Gasteiger partial charge in [0.05, 0.1) is 11.6 Å². The molecule has 41 heavy (non-hydrogen) atoms. The number of alkyl halides is 3. The summed E-state index contributed by atoms with van der Waals surface area (Å²) < 4.78 is 42.3. The van der Waals surface area contributed by atoms with Crippen molar-refractivity contribution in [3.05, 3.63) is 119 Å². The van der Waals surface area contributed by atoms with E-state index in [9.17, 15) is 18.0 Å². The SMILES string of the molecule is CC1(C)CC(=O)C2=C(C1)c1c(ccc3ccccc13)N[C@@H]2c1cn(Cc2cccc(C(F)(F)F)c2)c2ccccc12. The van der Waals surface area contributed by atoms with Crippen LogP contribution < -0.4 is 5.32 Å². The quantitative estimate of drug-likeness (QED) is 0.243. The van der Waals surface area contributed by atoms with E-state index >= 15 is 0 Å². The molecule has 206 valence electrons. The molecule has 5 aromatic rings. The van der Waals surface area contributed by atoms with Crippen LogP contribution in [0.25, 0.3) is 27.2 Å². The highest BCUT2D eigenvalue weighted by Gasteiger charge is 2.41. The molecule has 1 aromatic heterocycles. The molecule has 0 bridgehead atoms. The van der Waals surface area contributed by atoms with Gasteiger partial charge in [-0.1, -0.05) is 74.5 Å². The summed E-state index contributed by atoms with van der Waals surface area (Å²) in [5.74, 6) is 0.141. The van der Waals surface area contributed by atoms with Crippen LogP contribution in [0.4, 0.5) is 18.9 Å². The summed E-state index contributed by atoms with van der Waals surface area (Å²) in [6.45, 7) is 4.58. The monoisotopic (exact) mass is 550 g/mol. The Hall–Kier alpha value is -4.32. The number of allylic oxidation sites excluding steroid dienone is 1. The molecule has 4 aromatic carbocycles. The number of rotatable bonds is 3. The summed E-state index contributed by atoms with van der Waals surface area (Å²) in [7, 11) is 0. The molecule has 7 rings (SSSR count). The number of benzene rings is 4. The summed E-state index contributed by atoms with van der Waals surface area (Å²) in [6, 6.07) is 25.5. The molecule has 1 aliphatic heterocycles. The van der Waals surface area contributed by atoms with Crippen LogP contribution in [0.15, 0.2) is 96.7 Å². The second-order valence-electron chi connectivity index (χ2n) is 12.0. The van der Waals surface area contributed by atoms with Crippen molar-refractivity contribution in [3.63, 3.8) is 0 Å². The number of ketones is 1. The first-order chi connectivity index (χ1) is 19.6. The standard InChI is InChI=1S/C35H29F3N2O/c1-34(2)17-26-31-24-11-4-3-9-22(24)14-15-28(31)39-33(32(26)30(41)18-34)27-20-40(29-13-6-5-12-25(27)29)19-21-8-7-10-23(16-21)35(36,37)38/h3-16,20,33,39H,17-19H2,1-2H3/t33-/m1/s1. The Labute approximate surface area is 236 Å². The van der Waals surface area contributed by atoms with Crippen LogP contribution in [0.2, 0.25) is 0 Å². The predicted molar refractivity (Wildman–Crippen MR) is 158 cm³/mol. The molecule has 0 saturated heterocycles. The lowest BCUT2D eigenvalue weighted by atomic mass is 9.68. The number of aromatic nitrogens is 1. The maximum absolute atomic E-state index is 13.9. The van der Waals surface area contributed by atoms with Crippen molar-refractivity contribution in [2.75, 3.05) is 5.32 Å². The highest BCUT2D eigenvalue weighted by atomic mass is 19.4. The molecule has 1 aliphatic carbocycles. The van der Waals surface area contributed by atoms with Gasteiger partial charge < -0.3 is 9.88 Å². The maximum atomic E-state index is 13.9. The summed E-state index contributed by atoms with van der Waals surface area (Å²) in [5, 5.41) is 6.95. The molecule has 2 heterocycles. The van der Waals surface area contributed by atoms with Crippen LogP contribution >= 0.6 is 0 Å². The Balaban J connectivity index is 1.40. The van der Waals surface area contributed by atoms with Crippen LogP contribution in [0.3, 0.4) is 0 Å². The number of para-hydroxylation sites is 1. The van der Waals surface area contributed by atoms with E-state index in [0.717, 1.165) is 62.1 Å². The van der Waals surface area contributed by atoms with E-state index in [4.69, 9.17) is 0 Å². The van der Waals surface area contributed by atoms with Crippen molar-refractivity contribution in [2.45, 2.75) is 45.5 Å². The second kappa shape index (κ2) is 9.10. The molecule has 3 nitrogen and oxygen atoms in total. The van der Waals surface area contributed by atoms with E-state index < -0.39 is 11.7 Å². The minimum atomic E-state index is -4.40. The van der Waals surface area contributed by atoms with E-state index in [1.165, 1.54) is 12.1 Å². The average molecular weight is 551 g/mol. The highest BCUT2D eigenvalue weighted by molar-refractivity contribution is 6.13. The summed E-state index contributed by atoms with van der Waals surface area (Å²) in [6.07, 6.45) is -1.14. The van der Waals surface area contributed by atoms with Gasteiger partial charge in [-0.2, -0.15) is 13.2 Å². The largest absolute Gasteiger partial charge is 0.416 e. The number of hydrogen-bond donors (Lipinski definition) is 1. The third-order valence-electron chi connectivity index (χ3n) is 8.48. The number of carbonyl (C=O) groups is 1. The number of carbonyl (C=O) groups excluding carboxylic acids is 1. The van der Waals surface area contributed by atoms with Gasteiger partial charge in [-0.15, -0.1) is 0 Å². The van der Waals surface area contributed by atoms with Gasteiger partial charge in [0.1, 0.15) is 0 Å². The van der Waals surface area contributed by atoms with Crippen LogP contribution in [0.5, 0.6) is 0 Å². The average Bonchev–Trinajstić information content (AvgIpc) is 3.29. The van der Waals surface area contributed by atoms with E-state index in [0.29, 0.717) is 12.0 Å². The van der Waals surface area contributed by atoms with E-state index in [1.807, 2.05) is 47.2 Å². The molecule has 0 radical (unpaired) electrons. The van der Waals surface area contributed by atoms with E-state index in [-0.39, 0.29) is 23.8 Å². The van der Waals surface area contributed by atoms with Gasteiger partial charge >= 0.3 is 6.18 Å². The molecule has 0 unspecified atom stereocenters. The summed E-state index contributed by atoms with van der Waals surface area (Å²) >= 11 is 0. The van der Waals surface area contributed by atoms with Gasteiger partial charge in [0, 0.05) is 52.5 Å². The second-order valence-corrected chi connectivity index (χ2v) is 12.0. The van der Waals surface area contributed by atoms with Crippen LogP contribution in [0, 0.1) is 5.41 Å². The molecule has 0 amide bonds. The molecule has 1 N–H and O–H groups in total.